The monoisotopic (exact) mass is 528 g/mol. The Bertz CT molecular complexity index is 1320. The fraction of sp³-hybridized carbons (Fsp3) is 0.464. The van der Waals surface area contributed by atoms with Crippen LogP contribution in [0.5, 0.6) is 5.88 Å². The number of nitrogens with zero attached hydrogens (tertiary/aromatic N) is 4. The number of carbonyl (C=O) groups is 1. The molecule has 2 aliphatic rings. The van der Waals surface area contributed by atoms with E-state index in [-0.39, 0.29) is 40.3 Å². The van der Waals surface area contributed by atoms with Gasteiger partial charge in [0.2, 0.25) is 5.88 Å². The van der Waals surface area contributed by atoms with E-state index < -0.39 is 17.7 Å². The maximum atomic E-state index is 13.5. The van der Waals surface area contributed by atoms with E-state index in [1.807, 2.05) is 0 Å². The largest absolute Gasteiger partial charge is 0.481 e. The highest BCUT2D eigenvalue weighted by Crippen LogP contribution is 2.36. The van der Waals surface area contributed by atoms with Crippen LogP contribution < -0.4 is 4.74 Å². The summed E-state index contributed by atoms with van der Waals surface area (Å²) in [4.78, 5) is 26.4. The van der Waals surface area contributed by atoms with Crippen molar-refractivity contribution < 1.29 is 27.8 Å². The summed E-state index contributed by atoms with van der Waals surface area (Å²) in [6.45, 7) is 4.03. The molecule has 0 amide bonds. The van der Waals surface area contributed by atoms with Gasteiger partial charge in [0.15, 0.2) is 0 Å². The zero-order valence-electron chi connectivity index (χ0n) is 21.3. The molecule has 3 aromatic rings. The summed E-state index contributed by atoms with van der Waals surface area (Å²) in [7, 11) is 1.44. The lowest BCUT2D eigenvalue weighted by atomic mass is 9.95. The molecule has 0 aliphatic carbocycles. The summed E-state index contributed by atoms with van der Waals surface area (Å²) in [6, 6.07) is 8.54. The van der Waals surface area contributed by atoms with Gasteiger partial charge in [-0.25, -0.2) is 14.8 Å². The first-order valence-electron chi connectivity index (χ1n) is 13.0. The molecule has 2 aliphatic heterocycles. The van der Waals surface area contributed by atoms with Crippen LogP contribution in [0, 0.1) is 0 Å². The van der Waals surface area contributed by atoms with Crippen molar-refractivity contribution in [3.05, 3.63) is 53.1 Å². The molecule has 0 atom stereocenters. The number of rotatable bonds is 6. The topological polar surface area (TPSA) is 78.8 Å². The number of piperidine rings is 2. The minimum atomic E-state index is -4.53. The van der Waals surface area contributed by atoms with Gasteiger partial charge in [0.1, 0.15) is 5.52 Å². The van der Waals surface area contributed by atoms with Crippen molar-refractivity contribution in [2.24, 2.45) is 0 Å². The van der Waals surface area contributed by atoms with Crippen LogP contribution in [-0.2, 0) is 12.7 Å². The molecule has 2 aromatic heterocycles. The average molecular weight is 529 g/mol. The third-order valence-corrected chi connectivity index (χ3v) is 7.64. The predicted octanol–water partition coefficient (Wildman–Crippen LogP) is 5.47. The van der Waals surface area contributed by atoms with Gasteiger partial charge in [0.05, 0.1) is 29.4 Å². The van der Waals surface area contributed by atoms with Gasteiger partial charge in [-0.1, -0.05) is 18.6 Å². The smallest absolute Gasteiger partial charge is 0.416 e. The van der Waals surface area contributed by atoms with Gasteiger partial charge in [-0.15, -0.1) is 0 Å². The maximum Gasteiger partial charge on any atom is 0.416 e. The molecule has 2 fully saturated rings. The van der Waals surface area contributed by atoms with Crippen LogP contribution in [0.4, 0.5) is 13.2 Å². The number of aromatic carboxylic acids is 1. The van der Waals surface area contributed by atoms with Crippen molar-refractivity contribution in [1.29, 1.82) is 0 Å². The molecule has 2 saturated heterocycles. The quantitative estimate of drug-likeness (QED) is 0.454. The predicted molar refractivity (Wildman–Crippen MR) is 137 cm³/mol. The molecule has 38 heavy (non-hydrogen) atoms. The third-order valence-electron chi connectivity index (χ3n) is 7.64. The number of carboxylic acids is 1. The summed E-state index contributed by atoms with van der Waals surface area (Å²) in [5.74, 6) is -0.966. The number of hydrogen-bond donors (Lipinski definition) is 1. The Balaban J connectivity index is 1.56. The first-order valence-corrected chi connectivity index (χ1v) is 13.0. The van der Waals surface area contributed by atoms with E-state index in [2.05, 4.69) is 19.8 Å². The van der Waals surface area contributed by atoms with Crippen molar-refractivity contribution in [3.8, 4) is 17.1 Å². The fourth-order valence-electron chi connectivity index (χ4n) is 5.69. The van der Waals surface area contributed by atoms with Crippen molar-refractivity contribution in [2.75, 3.05) is 33.3 Å². The second-order valence-electron chi connectivity index (χ2n) is 10.0. The zero-order valence-corrected chi connectivity index (χ0v) is 21.3. The molecule has 0 bridgehead atoms. The second-order valence-corrected chi connectivity index (χ2v) is 10.0. The average Bonchev–Trinajstić information content (AvgIpc) is 2.92. The Morgan fingerprint density at radius 3 is 2.45 bits per heavy atom. The van der Waals surface area contributed by atoms with Crippen LogP contribution in [0.3, 0.4) is 0 Å². The van der Waals surface area contributed by atoms with E-state index in [1.165, 1.54) is 38.5 Å². The lowest BCUT2D eigenvalue weighted by molar-refractivity contribution is -0.137. The van der Waals surface area contributed by atoms with Crippen molar-refractivity contribution >= 4 is 17.0 Å². The number of ether oxygens (including phenoxy) is 1. The van der Waals surface area contributed by atoms with Crippen molar-refractivity contribution in [3.63, 3.8) is 0 Å². The Labute approximate surface area is 219 Å². The van der Waals surface area contributed by atoms with E-state index in [9.17, 15) is 23.1 Å². The number of halogens is 3. The van der Waals surface area contributed by atoms with Gasteiger partial charge in [-0.3, -0.25) is 4.90 Å². The number of pyridine rings is 2. The highest BCUT2D eigenvalue weighted by Gasteiger charge is 2.32. The van der Waals surface area contributed by atoms with Gasteiger partial charge in [-0.2, -0.15) is 13.2 Å². The van der Waals surface area contributed by atoms with Gasteiger partial charge in [-0.05, 0) is 70.1 Å². The molecule has 202 valence electrons. The Kier molecular flexibility index (Phi) is 7.54. The standard InChI is InChI=1S/C28H31F3N4O3/c1-38-23-9-8-22-26(33-23)24(27(36)37)21(25(32-22)18-6-5-7-19(16-18)28(29,30)31)17-34-14-10-20(11-15-34)35-12-3-2-4-13-35/h5-9,16,20H,2-4,10-15,17H2,1H3,(H,36,37). The number of hydrogen-bond acceptors (Lipinski definition) is 6. The van der Waals surface area contributed by atoms with Gasteiger partial charge in [0.25, 0.3) is 0 Å². The molecule has 10 heteroatoms. The third kappa shape index (κ3) is 5.47. The molecule has 0 spiro atoms. The van der Waals surface area contributed by atoms with Crippen LogP contribution in [-0.4, -0.2) is 70.2 Å². The molecular weight excluding hydrogens is 497 g/mol. The molecule has 0 radical (unpaired) electrons. The Hall–Kier alpha value is -3.24. The van der Waals surface area contributed by atoms with E-state index >= 15 is 0 Å². The zero-order chi connectivity index (χ0) is 26.9. The summed E-state index contributed by atoms with van der Waals surface area (Å²) in [6.07, 6.45) is 1.12. The number of carboxylic acid groups (broad SMARTS) is 1. The first-order chi connectivity index (χ1) is 18.2. The number of likely N-dealkylation sites (tertiary alicyclic amines) is 2. The number of aromatic nitrogens is 2. The number of methoxy groups -OCH3 is 1. The van der Waals surface area contributed by atoms with E-state index in [4.69, 9.17) is 4.74 Å². The summed E-state index contributed by atoms with van der Waals surface area (Å²) < 4.78 is 45.8. The number of benzene rings is 1. The SMILES string of the molecule is COc1ccc2nc(-c3cccc(C(F)(F)F)c3)c(CN3CCC(N4CCCCC4)CC3)c(C(=O)O)c2n1. The molecular formula is C28H31F3N4O3. The van der Waals surface area contributed by atoms with E-state index in [0.29, 0.717) is 11.6 Å². The molecule has 5 rings (SSSR count). The summed E-state index contributed by atoms with van der Waals surface area (Å²) >= 11 is 0. The molecule has 1 N–H and O–H groups in total. The van der Waals surface area contributed by atoms with E-state index in [0.717, 1.165) is 51.2 Å². The Morgan fingerprint density at radius 2 is 1.79 bits per heavy atom. The first kappa shape index (κ1) is 26.4. The normalized spacial score (nSPS) is 18.1. The Morgan fingerprint density at radius 1 is 1.05 bits per heavy atom. The lowest BCUT2D eigenvalue weighted by Crippen LogP contribution is -2.46. The lowest BCUT2D eigenvalue weighted by Gasteiger charge is -2.40. The molecule has 4 heterocycles. The summed E-state index contributed by atoms with van der Waals surface area (Å²) in [5, 5.41) is 10.3. The van der Waals surface area contributed by atoms with Gasteiger partial charge >= 0.3 is 12.1 Å². The van der Waals surface area contributed by atoms with Crippen molar-refractivity contribution in [2.45, 2.75) is 50.9 Å². The van der Waals surface area contributed by atoms with Gasteiger partial charge in [0, 0.05) is 29.8 Å². The molecule has 7 nitrogen and oxygen atoms in total. The van der Waals surface area contributed by atoms with Crippen LogP contribution in [0.25, 0.3) is 22.3 Å². The highest BCUT2D eigenvalue weighted by molar-refractivity contribution is 6.04. The van der Waals surface area contributed by atoms with Crippen LogP contribution >= 0.6 is 0 Å². The molecule has 0 saturated carbocycles. The summed E-state index contributed by atoms with van der Waals surface area (Å²) in [5.41, 5.74) is 0.384. The van der Waals surface area contributed by atoms with Crippen LogP contribution in [0.15, 0.2) is 36.4 Å². The number of fused-ring (bicyclic) bond motifs is 1. The minimum absolute atomic E-state index is 0.0561. The van der Waals surface area contributed by atoms with Crippen LogP contribution in [0.1, 0.15) is 53.6 Å². The molecule has 0 unspecified atom stereocenters. The second kappa shape index (κ2) is 10.9. The fourth-order valence-corrected chi connectivity index (χ4v) is 5.69. The van der Waals surface area contributed by atoms with Crippen LogP contribution in [0.2, 0.25) is 0 Å². The van der Waals surface area contributed by atoms with Gasteiger partial charge < -0.3 is 14.7 Å². The minimum Gasteiger partial charge on any atom is -0.481 e. The molecule has 1 aromatic carbocycles. The van der Waals surface area contributed by atoms with E-state index in [1.54, 1.807) is 12.1 Å². The number of alkyl halides is 3. The maximum absolute atomic E-state index is 13.5. The van der Waals surface area contributed by atoms with Crippen molar-refractivity contribution in [1.82, 2.24) is 19.8 Å². The highest BCUT2D eigenvalue weighted by atomic mass is 19.4.